The molecule has 3 N–H and O–H groups in total. The van der Waals surface area contributed by atoms with Gasteiger partial charge in [0.1, 0.15) is 0 Å². The molecule has 2 amide bonds. The molecule has 0 bridgehead atoms. The van der Waals surface area contributed by atoms with E-state index in [1.807, 2.05) is 5.48 Å². The molecule has 0 radical (unpaired) electrons. The van der Waals surface area contributed by atoms with Gasteiger partial charge in [-0.3, -0.25) is 10.0 Å². The van der Waals surface area contributed by atoms with E-state index in [9.17, 15) is 9.59 Å². The van der Waals surface area contributed by atoms with Crippen LogP contribution in [0.4, 0.5) is 4.79 Å². The minimum absolute atomic E-state index is 0.411. The van der Waals surface area contributed by atoms with Crippen molar-refractivity contribution < 1.29 is 19.6 Å². The molecule has 74 valence electrons. The fraction of sp³-hybridized carbons (Fsp3) is 0.429. The molecule has 0 aromatic carbocycles. The van der Waals surface area contributed by atoms with Crippen LogP contribution in [0.2, 0.25) is 0 Å². The van der Waals surface area contributed by atoms with E-state index < -0.39 is 17.9 Å². The van der Waals surface area contributed by atoms with Crippen molar-refractivity contribution in [3.05, 3.63) is 12.7 Å². The SMILES string of the molecule is C=C[C@H](CC)C(=O)NOC(=O)NO. The summed E-state index contributed by atoms with van der Waals surface area (Å²) in [4.78, 5) is 25.4. The third kappa shape index (κ3) is 4.12. The second kappa shape index (κ2) is 6.01. The van der Waals surface area contributed by atoms with Gasteiger partial charge in [-0.05, 0) is 6.42 Å². The molecule has 0 aliphatic rings. The van der Waals surface area contributed by atoms with Crippen molar-refractivity contribution in [1.82, 2.24) is 11.0 Å². The van der Waals surface area contributed by atoms with Crippen molar-refractivity contribution in [3.8, 4) is 0 Å². The first kappa shape index (κ1) is 11.4. The number of nitrogens with one attached hydrogen (secondary N) is 2. The highest BCUT2D eigenvalue weighted by atomic mass is 16.7. The van der Waals surface area contributed by atoms with E-state index in [1.165, 1.54) is 11.6 Å². The van der Waals surface area contributed by atoms with Crippen molar-refractivity contribution in [3.63, 3.8) is 0 Å². The maximum atomic E-state index is 11.1. The van der Waals surface area contributed by atoms with E-state index in [-0.39, 0.29) is 0 Å². The lowest BCUT2D eigenvalue weighted by atomic mass is 10.1. The Hall–Kier alpha value is -1.56. The number of hydrogen-bond donors (Lipinski definition) is 3. The van der Waals surface area contributed by atoms with Crippen LogP contribution in [-0.4, -0.2) is 17.2 Å². The van der Waals surface area contributed by atoms with Gasteiger partial charge >= 0.3 is 6.09 Å². The maximum Gasteiger partial charge on any atom is 0.455 e. The topological polar surface area (TPSA) is 87.7 Å². The lowest BCUT2D eigenvalue weighted by Gasteiger charge is -2.09. The first-order valence-corrected chi connectivity index (χ1v) is 3.69. The molecule has 0 aromatic rings. The van der Waals surface area contributed by atoms with Gasteiger partial charge in [0.15, 0.2) is 0 Å². The van der Waals surface area contributed by atoms with Crippen LogP contribution in [0.25, 0.3) is 0 Å². The van der Waals surface area contributed by atoms with Gasteiger partial charge in [0.25, 0.3) is 5.91 Å². The molecular weight excluding hydrogens is 176 g/mol. The van der Waals surface area contributed by atoms with E-state index in [0.717, 1.165) is 0 Å². The molecule has 6 heteroatoms. The predicted molar refractivity (Wildman–Crippen MR) is 43.5 cm³/mol. The Kier molecular flexibility index (Phi) is 5.29. The van der Waals surface area contributed by atoms with E-state index in [2.05, 4.69) is 11.4 Å². The summed E-state index contributed by atoms with van der Waals surface area (Å²) in [6, 6.07) is 0. The van der Waals surface area contributed by atoms with Crippen molar-refractivity contribution in [2.24, 2.45) is 5.92 Å². The monoisotopic (exact) mass is 188 g/mol. The average Bonchev–Trinajstić information content (AvgIpc) is 2.16. The third-order valence-electron chi connectivity index (χ3n) is 1.40. The van der Waals surface area contributed by atoms with Crippen molar-refractivity contribution >= 4 is 12.0 Å². The van der Waals surface area contributed by atoms with Crippen molar-refractivity contribution in [2.45, 2.75) is 13.3 Å². The number of carbonyl (C=O) groups excluding carboxylic acids is 2. The summed E-state index contributed by atoms with van der Waals surface area (Å²) in [6.07, 6.45) is 0.849. The molecule has 13 heavy (non-hydrogen) atoms. The zero-order chi connectivity index (χ0) is 10.3. The molecule has 0 aromatic heterocycles. The summed E-state index contributed by atoms with van der Waals surface area (Å²) in [5, 5.41) is 8.00. The Morgan fingerprint density at radius 2 is 2.31 bits per heavy atom. The quantitative estimate of drug-likeness (QED) is 0.338. The summed E-state index contributed by atoms with van der Waals surface area (Å²) in [5.74, 6) is -0.896. The fourth-order valence-corrected chi connectivity index (χ4v) is 0.654. The number of rotatable bonds is 3. The van der Waals surface area contributed by atoms with Crippen LogP contribution in [0.5, 0.6) is 0 Å². The Bertz CT molecular complexity index is 205. The first-order valence-electron chi connectivity index (χ1n) is 3.69. The Morgan fingerprint density at radius 1 is 1.69 bits per heavy atom. The number of hydrogen-bond acceptors (Lipinski definition) is 4. The molecule has 0 spiro atoms. The molecule has 0 heterocycles. The molecule has 0 saturated heterocycles. The third-order valence-corrected chi connectivity index (χ3v) is 1.40. The maximum absolute atomic E-state index is 11.1. The summed E-state index contributed by atoms with van der Waals surface area (Å²) in [6.45, 7) is 5.22. The predicted octanol–water partition coefficient (Wildman–Crippen LogP) is 0.345. The van der Waals surface area contributed by atoms with E-state index in [1.54, 1.807) is 6.92 Å². The smallest absolute Gasteiger partial charge is 0.320 e. The van der Waals surface area contributed by atoms with Gasteiger partial charge in [-0.2, -0.15) is 5.48 Å². The van der Waals surface area contributed by atoms with Gasteiger partial charge in [-0.15, -0.1) is 6.58 Å². The molecule has 0 aliphatic heterocycles. The van der Waals surface area contributed by atoms with Crippen LogP contribution >= 0.6 is 0 Å². The fourth-order valence-electron chi connectivity index (χ4n) is 0.654. The molecule has 0 fully saturated rings. The summed E-state index contributed by atoms with van der Waals surface area (Å²) >= 11 is 0. The first-order chi connectivity index (χ1) is 6.15. The van der Waals surface area contributed by atoms with E-state index >= 15 is 0 Å². The molecule has 0 saturated carbocycles. The zero-order valence-electron chi connectivity index (χ0n) is 7.24. The van der Waals surface area contributed by atoms with Crippen LogP contribution in [0.15, 0.2) is 12.7 Å². The summed E-state index contributed by atoms with van der Waals surface area (Å²) < 4.78 is 0. The molecule has 0 rings (SSSR count). The lowest BCUT2D eigenvalue weighted by molar-refractivity contribution is -0.132. The minimum atomic E-state index is -1.15. The molecule has 0 unspecified atom stereocenters. The highest BCUT2D eigenvalue weighted by Crippen LogP contribution is 2.02. The van der Waals surface area contributed by atoms with Gasteiger partial charge in [0.05, 0.1) is 5.92 Å². The van der Waals surface area contributed by atoms with Gasteiger partial charge in [0, 0.05) is 0 Å². The second-order valence-corrected chi connectivity index (χ2v) is 2.22. The van der Waals surface area contributed by atoms with Crippen molar-refractivity contribution in [1.29, 1.82) is 0 Å². The van der Waals surface area contributed by atoms with Gasteiger partial charge in [-0.1, -0.05) is 13.0 Å². The van der Waals surface area contributed by atoms with Gasteiger partial charge < -0.3 is 4.84 Å². The lowest BCUT2D eigenvalue weighted by Crippen LogP contribution is -2.35. The standard InChI is InChI=1S/C7H12N2O4/c1-3-5(4-2)6(10)9-13-7(11)8-12/h3,5,12H,1,4H2,2H3,(H,8,11)(H,9,10)/t5-/m1/s1. The highest BCUT2D eigenvalue weighted by Gasteiger charge is 2.13. The second-order valence-electron chi connectivity index (χ2n) is 2.22. The van der Waals surface area contributed by atoms with E-state index in [0.29, 0.717) is 6.42 Å². The average molecular weight is 188 g/mol. The number of carbonyl (C=O) groups is 2. The normalized spacial score (nSPS) is 11.2. The minimum Gasteiger partial charge on any atom is -0.320 e. The Morgan fingerprint density at radius 3 is 2.69 bits per heavy atom. The summed E-state index contributed by atoms with van der Waals surface area (Å²) in [7, 11) is 0. The van der Waals surface area contributed by atoms with Crippen LogP contribution in [0.1, 0.15) is 13.3 Å². The van der Waals surface area contributed by atoms with Crippen LogP contribution in [0, 0.1) is 5.92 Å². The highest BCUT2D eigenvalue weighted by molar-refractivity contribution is 5.80. The molecular formula is C7H12N2O4. The number of amides is 2. The van der Waals surface area contributed by atoms with Gasteiger partial charge in [-0.25, -0.2) is 10.3 Å². The van der Waals surface area contributed by atoms with Crippen molar-refractivity contribution in [2.75, 3.05) is 0 Å². The van der Waals surface area contributed by atoms with E-state index in [4.69, 9.17) is 5.21 Å². The molecule has 0 aliphatic carbocycles. The zero-order valence-corrected chi connectivity index (χ0v) is 7.24. The van der Waals surface area contributed by atoms with Crippen LogP contribution in [0.3, 0.4) is 0 Å². The van der Waals surface area contributed by atoms with Crippen LogP contribution < -0.4 is 11.0 Å². The summed E-state index contributed by atoms with van der Waals surface area (Å²) in [5.41, 5.74) is 3.05. The Balaban J connectivity index is 3.85. The number of hydroxylamine groups is 2. The van der Waals surface area contributed by atoms with Crippen LogP contribution in [-0.2, 0) is 9.63 Å². The molecule has 1 atom stereocenters. The Labute approximate surface area is 75.5 Å². The largest absolute Gasteiger partial charge is 0.455 e. The molecule has 6 nitrogen and oxygen atoms in total. The van der Waals surface area contributed by atoms with Gasteiger partial charge in [0.2, 0.25) is 0 Å².